The topological polar surface area (TPSA) is 106 Å². The molecule has 3 N–H and O–H groups in total. The predicted octanol–water partition coefficient (Wildman–Crippen LogP) is 4.87. The van der Waals surface area contributed by atoms with Gasteiger partial charge in [-0.1, -0.05) is 26.0 Å². The lowest BCUT2D eigenvalue weighted by Crippen LogP contribution is -2.20. The van der Waals surface area contributed by atoms with Gasteiger partial charge in [0.15, 0.2) is 6.61 Å². The fraction of sp³-hybridized carbons (Fsp3) is 0.222. The van der Waals surface area contributed by atoms with E-state index >= 15 is 0 Å². The van der Waals surface area contributed by atoms with Gasteiger partial charge >= 0.3 is 0 Å². The lowest BCUT2D eigenvalue weighted by molar-refractivity contribution is -0.119. The monoisotopic (exact) mass is 475 g/mol. The lowest BCUT2D eigenvalue weighted by atomic mass is 10.1. The Hall–Kier alpha value is -4.33. The zero-order valence-electron chi connectivity index (χ0n) is 20.2. The first kappa shape index (κ1) is 25.3. The Morgan fingerprint density at radius 3 is 2.23 bits per heavy atom. The summed E-state index contributed by atoms with van der Waals surface area (Å²) in [4.78, 5) is 36.8. The molecule has 0 radical (unpaired) electrons. The van der Waals surface area contributed by atoms with Gasteiger partial charge in [-0.05, 0) is 61.0 Å². The Morgan fingerprint density at radius 1 is 0.829 bits per heavy atom. The van der Waals surface area contributed by atoms with Gasteiger partial charge in [0.05, 0.1) is 7.11 Å². The number of anilines is 3. The second kappa shape index (κ2) is 11.7. The van der Waals surface area contributed by atoms with Crippen LogP contribution >= 0.6 is 0 Å². The molecule has 0 spiro atoms. The number of carbonyl (C=O) groups is 3. The highest BCUT2D eigenvalue weighted by molar-refractivity contribution is 6.05. The molecule has 3 amide bonds. The van der Waals surface area contributed by atoms with Crippen molar-refractivity contribution >= 4 is 34.8 Å². The number of ether oxygens (including phenoxy) is 2. The molecule has 0 saturated carbocycles. The smallest absolute Gasteiger partial charge is 0.262 e. The van der Waals surface area contributed by atoms with Crippen LogP contribution in [-0.4, -0.2) is 31.4 Å². The summed E-state index contributed by atoms with van der Waals surface area (Å²) in [7, 11) is 1.56. The van der Waals surface area contributed by atoms with Crippen LogP contribution < -0.4 is 25.4 Å². The molecule has 35 heavy (non-hydrogen) atoms. The van der Waals surface area contributed by atoms with Crippen molar-refractivity contribution < 1.29 is 23.9 Å². The fourth-order valence-corrected chi connectivity index (χ4v) is 3.06. The number of nitrogens with one attached hydrogen (secondary N) is 3. The van der Waals surface area contributed by atoms with Gasteiger partial charge in [0.2, 0.25) is 5.91 Å². The molecule has 0 aliphatic rings. The number of rotatable bonds is 9. The first-order chi connectivity index (χ1) is 16.7. The molecule has 0 aliphatic heterocycles. The molecule has 0 bridgehead atoms. The molecular weight excluding hydrogens is 446 g/mol. The van der Waals surface area contributed by atoms with Gasteiger partial charge in [0.25, 0.3) is 11.8 Å². The van der Waals surface area contributed by atoms with Crippen molar-refractivity contribution in [3.05, 3.63) is 77.9 Å². The van der Waals surface area contributed by atoms with Crippen molar-refractivity contribution in [2.24, 2.45) is 5.92 Å². The molecular formula is C27H29N3O5. The van der Waals surface area contributed by atoms with E-state index in [1.807, 2.05) is 26.8 Å². The average Bonchev–Trinajstić information content (AvgIpc) is 2.85. The minimum absolute atomic E-state index is 0.0982. The maximum absolute atomic E-state index is 12.7. The normalized spacial score (nSPS) is 10.4. The molecule has 0 aliphatic carbocycles. The van der Waals surface area contributed by atoms with Crippen LogP contribution in [-0.2, 0) is 9.59 Å². The molecule has 0 saturated heterocycles. The highest BCUT2D eigenvalue weighted by atomic mass is 16.5. The van der Waals surface area contributed by atoms with Gasteiger partial charge in [-0.2, -0.15) is 0 Å². The van der Waals surface area contributed by atoms with E-state index in [9.17, 15) is 14.4 Å². The number of methoxy groups -OCH3 is 1. The van der Waals surface area contributed by atoms with Crippen LogP contribution in [0.3, 0.4) is 0 Å². The maximum Gasteiger partial charge on any atom is 0.262 e. The lowest BCUT2D eigenvalue weighted by Gasteiger charge is -2.13. The molecule has 8 nitrogen and oxygen atoms in total. The van der Waals surface area contributed by atoms with E-state index < -0.39 is 0 Å². The first-order valence-electron chi connectivity index (χ1n) is 11.1. The summed E-state index contributed by atoms with van der Waals surface area (Å²) in [6.45, 7) is 5.31. The van der Waals surface area contributed by atoms with E-state index in [0.717, 1.165) is 5.56 Å². The highest BCUT2D eigenvalue weighted by Gasteiger charge is 2.12. The minimum Gasteiger partial charge on any atom is -0.497 e. The Kier molecular flexibility index (Phi) is 8.45. The molecule has 0 heterocycles. The van der Waals surface area contributed by atoms with Gasteiger partial charge in [0.1, 0.15) is 11.5 Å². The summed E-state index contributed by atoms with van der Waals surface area (Å²) in [5.74, 6) is 0.223. The van der Waals surface area contributed by atoms with Crippen molar-refractivity contribution in [2.45, 2.75) is 20.8 Å². The summed E-state index contributed by atoms with van der Waals surface area (Å²) >= 11 is 0. The number of amides is 3. The summed E-state index contributed by atoms with van der Waals surface area (Å²) in [6, 6.07) is 18.9. The van der Waals surface area contributed by atoms with Crippen LogP contribution in [0.5, 0.6) is 11.5 Å². The highest BCUT2D eigenvalue weighted by Crippen LogP contribution is 2.22. The number of carbonyl (C=O) groups excluding carboxylic acids is 3. The largest absolute Gasteiger partial charge is 0.497 e. The third-order valence-electron chi connectivity index (χ3n) is 5.12. The molecule has 3 rings (SSSR count). The van der Waals surface area contributed by atoms with Crippen LogP contribution in [0.15, 0.2) is 66.7 Å². The Bertz CT molecular complexity index is 1210. The van der Waals surface area contributed by atoms with Gasteiger partial charge in [-0.15, -0.1) is 0 Å². The van der Waals surface area contributed by atoms with E-state index in [2.05, 4.69) is 16.0 Å². The Balaban J connectivity index is 1.56. The van der Waals surface area contributed by atoms with Crippen molar-refractivity contribution in [1.29, 1.82) is 0 Å². The standard InChI is InChI=1S/C27H29N3O5/c1-17(2)26(32)29-21-11-8-18(3)24(15-21)30-27(33)19-9-12-22(13-10-19)35-16-25(31)28-20-6-5-7-23(14-20)34-4/h5-15,17H,16H2,1-4H3,(H,28,31)(H,29,32)(H,30,33). The second-order valence-electron chi connectivity index (χ2n) is 8.22. The van der Waals surface area contributed by atoms with Crippen molar-refractivity contribution in [1.82, 2.24) is 0 Å². The predicted molar refractivity (Wildman–Crippen MR) is 136 cm³/mol. The molecule has 3 aromatic rings. The third-order valence-corrected chi connectivity index (χ3v) is 5.12. The van der Waals surface area contributed by atoms with Crippen LogP contribution in [0.2, 0.25) is 0 Å². The van der Waals surface area contributed by atoms with Crippen LogP contribution in [0.25, 0.3) is 0 Å². The minimum atomic E-state index is -0.319. The fourth-order valence-electron chi connectivity index (χ4n) is 3.06. The van der Waals surface area contributed by atoms with Crippen LogP contribution in [0.4, 0.5) is 17.1 Å². The van der Waals surface area contributed by atoms with Gasteiger partial charge in [-0.3, -0.25) is 14.4 Å². The maximum atomic E-state index is 12.7. The second-order valence-corrected chi connectivity index (χ2v) is 8.22. The summed E-state index contributed by atoms with van der Waals surface area (Å²) in [5, 5.41) is 8.44. The van der Waals surface area contributed by atoms with Gasteiger partial charge < -0.3 is 25.4 Å². The summed E-state index contributed by atoms with van der Waals surface area (Å²) in [6.07, 6.45) is 0. The molecule has 3 aromatic carbocycles. The van der Waals surface area contributed by atoms with E-state index in [-0.39, 0.29) is 30.2 Å². The third kappa shape index (κ3) is 7.33. The molecule has 182 valence electrons. The van der Waals surface area contributed by atoms with Crippen LogP contribution in [0.1, 0.15) is 29.8 Å². The molecule has 0 atom stereocenters. The van der Waals surface area contributed by atoms with Gasteiger partial charge in [0, 0.05) is 34.6 Å². The SMILES string of the molecule is COc1cccc(NC(=O)COc2ccc(C(=O)Nc3cc(NC(=O)C(C)C)ccc3C)cc2)c1. The van der Waals surface area contributed by atoms with Gasteiger partial charge in [-0.25, -0.2) is 0 Å². The van der Waals surface area contributed by atoms with E-state index in [0.29, 0.717) is 34.1 Å². The molecule has 0 aromatic heterocycles. The number of hydrogen-bond acceptors (Lipinski definition) is 5. The Labute approximate surface area is 204 Å². The Morgan fingerprint density at radius 2 is 1.54 bits per heavy atom. The van der Waals surface area contributed by atoms with Crippen molar-refractivity contribution in [2.75, 3.05) is 29.7 Å². The molecule has 0 unspecified atom stereocenters. The summed E-state index contributed by atoms with van der Waals surface area (Å²) < 4.78 is 10.7. The number of hydrogen-bond donors (Lipinski definition) is 3. The number of aryl methyl sites for hydroxylation is 1. The van der Waals surface area contributed by atoms with Crippen LogP contribution in [0, 0.1) is 12.8 Å². The van der Waals surface area contributed by atoms with Crippen molar-refractivity contribution in [3.63, 3.8) is 0 Å². The molecule has 0 fully saturated rings. The molecule has 8 heteroatoms. The van der Waals surface area contributed by atoms with E-state index in [1.165, 1.54) is 0 Å². The van der Waals surface area contributed by atoms with Crippen molar-refractivity contribution in [3.8, 4) is 11.5 Å². The zero-order valence-corrected chi connectivity index (χ0v) is 20.2. The average molecular weight is 476 g/mol. The quantitative estimate of drug-likeness (QED) is 0.410. The summed E-state index contributed by atoms with van der Waals surface area (Å²) in [5.41, 5.74) is 3.11. The number of benzene rings is 3. The first-order valence-corrected chi connectivity index (χ1v) is 11.1. The van der Waals surface area contributed by atoms with E-state index in [4.69, 9.17) is 9.47 Å². The zero-order chi connectivity index (χ0) is 25.4. The van der Waals surface area contributed by atoms with E-state index in [1.54, 1.807) is 67.8 Å².